The van der Waals surface area contributed by atoms with Crippen LogP contribution in [0.15, 0.2) is 22.7 Å². The zero-order chi connectivity index (χ0) is 14.7. The van der Waals surface area contributed by atoms with Crippen LogP contribution in [0.2, 0.25) is 5.02 Å². The standard InChI is InChI=1S/C13H15BrClN3OS/c1-18(2)13-17-12(19-3)11(20-13)7-16-8-4-5-10(15)9(14)6-8/h4-6,16H,7H2,1-3H3. The van der Waals surface area contributed by atoms with Crippen molar-refractivity contribution in [3.8, 4) is 5.88 Å². The Kier molecular flexibility index (Phi) is 5.12. The molecule has 20 heavy (non-hydrogen) atoms. The lowest BCUT2D eigenvalue weighted by molar-refractivity contribution is 0.397. The van der Waals surface area contributed by atoms with Gasteiger partial charge in [-0.1, -0.05) is 22.9 Å². The highest BCUT2D eigenvalue weighted by molar-refractivity contribution is 9.10. The first-order valence-corrected chi connectivity index (χ1v) is 7.90. The van der Waals surface area contributed by atoms with E-state index in [0.717, 1.165) is 20.2 Å². The Morgan fingerprint density at radius 3 is 2.80 bits per heavy atom. The van der Waals surface area contributed by atoms with Crippen LogP contribution in [-0.4, -0.2) is 26.2 Å². The van der Waals surface area contributed by atoms with Gasteiger partial charge in [0, 0.05) is 24.3 Å². The summed E-state index contributed by atoms with van der Waals surface area (Å²) in [6.07, 6.45) is 0. The van der Waals surface area contributed by atoms with Gasteiger partial charge in [0.05, 0.1) is 23.6 Å². The molecule has 1 aromatic carbocycles. The molecule has 0 bridgehead atoms. The predicted molar refractivity (Wildman–Crippen MR) is 89.5 cm³/mol. The lowest BCUT2D eigenvalue weighted by atomic mass is 10.3. The Balaban J connectivity index is 2.11. The van der Waals surface area contributed by atoms with Crippen LogP contribution >= 0.6 is 38.9 Å². The van der Waals surface area contributed by atoms with E-state index in [-0.39, 0.29) is 0 Å². The molecule has 0 aliphatic heterocycles. The topological polar surface area (TPSA) is 37.4 Å². The molecule has 0 fully saturated rings. The van der Waals surface area contributed by atoms with Crippen molar-refractivity contribution in [2.45, 2.75) is 6.54 Å². The fourth-order valence-electron chi connectivity index (χ4n) is 1.58. The van der Waals surface area contributed by atoms with E-state index in [9.17, 15) is 0 Å². The first-order valence-electron chi connectivity index (χ1n) is 5.91. The van der Waals surface area contributed by atoms with Gasteiger partial charge >= 0.3 is 0 Å². The van der Waals surface area contributed by atoms with Crippen molar-refractivity contribution < 1.29 is 4.74 Å². The van der Waals surface area contributed by atoms with Crippen molar-refractivity contribution in [1.29, 1.82) is 0 Å². The predicted octanol–water partition coefficient (Wildman–Crippen LogP) is 4.25. The Morgan fingerprint density at radius 1 is 1.45 bits per heavy atom. The first-order chi connectivity index (χ1) is 9.51. The average molecular weight is 377 g/mol. The summed E-state index contributed by atoms with van der Waals surface area (Å²) in [6, 6.07) is 5.74. The molecule has 4 nitrogen and oxygen atoms in total. The van der Waals surface area contributed by atoms with Crippen LogP contribution in [0.25, 0.3) is 0 Å². The smallest absolute Gasteiger partial charge is 0.231 e. The molecule has 0 aliphatic carbocycles. The van der Waals surface area contributed by atoms with E-state index in [0.29, 0.717) is 17.4 Å². The van der Waals surface area contributed by atoms with Gasteiger partial charge in [0.15, 0.2) is 5.13 Å². The molecule has 0 atom stereocenters. The van der Waals surface area contributed by atoms with E-state index in [4.69, 9.17) is 16.3 Å². The van der Waals surface area contributed by atoms with Crippen LogP contribution in [-0.2, 0) is 6.54 Å². The van der Waals surface area contributed by atoms with Crippen LogP contribution in [0.4, 0.5) is 10.8 Å². The van der Waals surface area contributed by atoms with Gasteiger partial charge in [-0.25, -0.2) is 0 Å². The molecule has 0 aliphatic rings. The number of methoxy groups -OCH3 is 1. The molecule has 1 N–H and O–H groups in total. The molecule has 1 heterocycles. The van der Waals surface area contributed by atoms with Crippen LogP contribution in [0, 0.1) is 0 Å². The maximum Gasteiger partial charge on any atom is 0.231 e. The summed E-state index contributed by atoms with van der Waals surface area (Å²) in [6.45, 7) is 0.656. The SMILES string of the molecule is COc1nc(N(C)C)sc1CNc1ccc(Cl)c(Br)c1. The fraction of sp³-hybridized carbons (Fsp3) is 0.308. The second-order valence-electron chi connectivity index (χ2n) is 4.31. The number of anilines is 2. The minimum absolute atomic E-state index is 0.656. The summed E-state index contributed by atoms with van der Waals surface area (Å²) >= 11 is 11.0. The number of nitrogens with one attached hydrogen (secondary N) is 1. The molecule has 2 rings (SSSR count). The van der Waals surface area contributed by atoms with Crippen LogP contribution in [0.1, 0.15) is 4.88 Å². The van der Waals surface area contributed by atoms with Gasteiger partial charge in [0.1, 0.15) is 0 Å². The summed E-state index contributed by atoms with van der Waals surface area (Å²) < 4.78 is 6.18. The zero-order valence-corrected chi connectivity index (χ0v) is 14.6. The van der Waals surface area contributed by atoms with Gasteiger partial charge in [-0.3, -0.25) is 0 Å². The zero-order valence-electron chi connectivity index (χ0n) is 11.4. The minimum atomic E-state index is 0.656. The van der Waals surface area contributed by atoms with E-state index in [2.05, 4.69) is 26.2 Å². The third-order valence-corrected chi connectivity index (χ3v) is 5.02. The van der Waals surface area contributed by atoms with Gasteiger partial charge < -0.3 is 15.0 Å². The maximum atomic E-state index is 5.98. The Hall–Kier alpha value is -0.980. The molecule has 0 unspecified atom stereocenters. The third kappa shape index (κ3) is 3.56. The van der Waals surface area contributed by atoms with E-state index < -0.39 is 0 Å². The number of halogens is 2. The van der Waals surface area contributed by atoms with Crippen molar-refractivity contribution in [2.24, 2.45) is 0 Å². The molecule has 2 aromatic rings. The Morgan fingerprint density at radius 2 is 2.20 bits per heavy atom. The number of rotatable bonds is 5. The summed E-state index contributed by atoms with van der Waals surface area (Å²) in [5.74, 6) is 0.666. The van der Waals surface area contributed by atoms with Crippen LogP contribution < -0.4 is 15.0 Å². The number of ether oxygens (including phenoxy) is 1. The monoisotopic (exact) mass is 375 g/mol. The van der Waals surface area contributed by atoms with E-state index >= 15 is 0 Å². The number of thiazole rings is 1. The second kappa shape index (κ2) is 6.65. The van der Waals surface area contributed by atoms with Gasteiger partial charge in [0.25, 0.3) is 0 Å². The van der Waals surface area contributed by atoms with Crippen LogP contribution in [0.3, 0.4) is 0 Å². The van der Waals surface area contributed by atoms with E-state index in [1.807, 2.05) is 37.2 Å². The molecule has 108 valence electrons. The summed E-state index contributed by atoms with van der Waals surface area (Å²) in [4.78, 5) is 7.45. The van der Waals surface area contributed by atoms with E-state index in [1.165, 1.54) is 0 Å². The van der Waals surface area contributed by atoms with Crippen molar-refractivity contribution in [1.82, 2.24) is 4.98 Å². The quantitative estimate of drug-likeness (QED) is 0.846. The normalized spacial score (nSPS) is 10.4. The molecular formula is C13H15BrClN3OS. The lowest BCUT2D eigenvalue weighted by Crippen LogP contribution is -2.07. The number of aromatic nitrogens is 1. The number of hydrogen-bond acceptors (Lipinski definition) is 5. The molecule has 7 heteroatoms. The molecular weight excluding hydrogens is 362 g/mol. The van der Waals surface area contributed by atoms with Gasteiger partial charge in [-0.05, 0) is 34.1 Å². The molecule has 0 amide bonds. The summed E-state index contributed by atoms with van der Waals surface area (Å²) in [7, 11) is 5.56. The summed E-state index contributed by atoms with van der Waals surface area (Å²) in [5, 5.41) is 4.96. The number of hydrogen-bond donors (Lipinski definition) is 1. The Bertz CT molecular complexity index is 603. The summed E-state index contributed by atoms with van der Waals surface area (Å²) in [5.41, 5.74) is 0.989. The largest absolute Gasteiger partial charge is 0.480 e. The molecule has 1 aromatic heterocycles. The highest BCUT2D eigenvalue weighted by Gasteiger charge is 2.12. The second-order valence-corrected chi connectivity index (χ2v) is 6.63. The number of benzene rings is 1. The highest BCUT2D eigenvalue weighted by Crippen LogP contribution is 2.31. The maximum absolute atomic E-state index is 5.98. The third-order valence-electron chi connectivity index (χ3n) is 2.60. The Labute approximate surface area is 135 Å². The van der Waals surface area contributed by atoms with Crippen molar-refractivity contribution in [3.05, 3.63) is 32.6 Å². The highest BCUT2D eigenvalue weighted by atomic mass is 79.9. The molecule has 0 saturated heterocycles. The van der Waals surface area contributed by atoms with Crippen molar-refractivity contribution in [3.63, 3.8) is 0 Å². The fourth-order valence-corrected chi connectivity index (χ4v) is 2.97. The minimum Gasteiger partial charge on any atom is -0.480 e. The lowest BCUT2D eigenvalue weighted by Gasteiger charge is -2.07. The average Bonchev–Trinajstić information content (AvgIpc) is 2.83. The first kappa shape index (κ1) is 15.4. The van der Waals surface area contributed by atoms with Crippen molar-refractivity contribution in [2.75, 3.05) is 31.4 Å². The molecule has 0 spiro atoms. The van der Waals surface area contributed by atoms with Gasteiger partial charge in [-0.15, -0.1) is 0 Å². The van der Waals surface area contributed by atoms with Gasteiger partial charge in [-0.2, -0.15) is 4.98 Å². The van der Waals surface area contributed by atoms with Crippen LogP contribution in [0.5, 0.6) is 5.88 Å². The van der Waals surface area contributed by atoms with E-state index in [1.54, 1.807) is 18.4 Å². The molecule has 0 radical (unpaired) electrons. The number of nitrogens with zero attached hydrogens (tertiary/aromatic N) is 2. The molecule has 0 saturated carbocycles. The van der Waals surface area contributed by atoms with Crippen molar-refractivity contribution >= 4 is 49.7 Å². The van der Waals surface area contributed by atoms with Gasteiger partial charge in [0.2, 0.25) is 5.88 Å².